The van der Waals surface area contributed by atoms with Crippen LogP contribution in [0.15, 0.2) is 58.5 Å². The predicted octanol–water partition coefficient (Wildman–Crippen LogP) is 8.16. The highest BCUT2D eigenvalue weighted by Gasteiger charge is 2.29. The molecule has 7 heteroatoms. The first-order valence-electron chi connectivity index (χ1n) is 12.6. The summed E-state index contributed by atoms with van der Waals surface area (Å²) >= 11 is 4.98. The number of pyridine rings is 1. The first-order chi connectivity index (χ1) is 17.4. The number of aromatic nitrogens is 3. The van der Waals surface area contributed by atoms with Gasteiger partial charge in [-0.1, -0.05) is 26.3 Å². The van der Waals surface area contributed by atoms with Crippen molar-refractivity contribution in [2.45, 2.75) is 58.4 Å². The van der Waals surface area contributed by atoms with Crippen LogP contribution in [0.1, 0.15) is 78.4 Å². The Balaban J connectivity index is 1.48. The summed E-state index contributed by atoms with van der Waals surface area (Å²) in [4.78, 5) is 36.1. The van der Waals surface area contributed by atoms with Gasteiger partial charge in [-0.05, 0) is 89.5 Å². The number of carbonyl (C=O) groups is 2. The lowest BCUT2D eigenvalue weighted by molar-refractivity contribution is 0.0943. The van der Waals surface area contributed by atoms with Crippen LogP contribution < -0.4 is 0 Å². The minimum absolute atomic E-state index is 0.150. The molecule has 0 saturated heterocycles. The zero-order valence-corrected chi connectivity index (χ0v) is 23.0. The number of halogens is 1. The molecule has 5 nitrogen and oxygen atoms in total. The second kappa shape index (κ2) is 10.8. The van der Waals surface area contributed by atoms with E-state index < -0.39 is 0 Å². The largest absolute Gasteiger partial charge is 0.320 e. The third kappa shape index (κ3) is 5.37. The maximum Gasteiger partial charge on any atom is 0.173 e. The van der Waals surface area contributed by atoms with E-state index in [2.05, 4.69) is 39.3 Å². The number of ketones is 2. The minimum atomic E-state index is 0.150. The minimum Gasteiger partial charge on any atom is -0.320 e. The van der Waals surface area contributed by atoms with Gasteiger partial charge in [0.05, 0.1) is 19.7 Å². The topological polar surface area (TPSA) is 64.8 Å². The Morgan fingerprint density at radius 1 is 1.11 bits per heavy atom. The molecule has 5 rings (SSSR count). The lowest BCUT2D eigenvalue weighted by Gasteiger charge is -2.31. The highest BCUT2D eigenvalue weighted by atomic mass is 79.9. The molecule has 1 fully saturated rings. The van der Waals surface area contributed by atoms with Gasteiger partial charge < -0.3 is 4.57 Å². The molecule has 3 aromatic heterocycles. The van der Waals surface area contributed by atoms with Crippen LogP contribution in [0.2, 0.25) is 0 Å². The molecule has 0 bridgehead atoms. The number of benzene rings is 1. The molecule has 1 aliphatic carbocycles. The number of fused-ring (bicyclic) bond motifs is 1. The van der Waals surface area contributed by atoms with E-state index in [1.807, 2.05) is 48.5 Å². The van der Waals surface area contributed by atoms with E-state index in [0.29, 0.717) is 30.2 Å². The van der Waals surface area contributed by atoms with Crippen molar-refractivity contribution in [1.82, 2.24) is 14.5 Å². The molecule has 1 saturated carbocycles. The molecule has 2 atom stereocenters. The Morgan fingerprint density at radius 2 is 1.97 bits per heavy atom. The fraction of sp³-hybridized carbons (Fsp3) is 0.379. The van der Waals surface area contributed by atoms with Gasteiger partial charge >= 0.3 is 0 Å². The number of hydrogen-bond donors (Lipinski definition) is 0. The smallest absolute Gasteiger partial charge is 0.173 e. The summed E-state index contributed by atoms with van der Waals surface area (Å²) in [7, 11) is 0. The van der Waals surface area contributed by atoms with E-state index in [0.717, 1.165) is 56.9 Å². The normalized spacial score (nSPS) is 18.1. The van der Waals surface area contributed by atoms with Crippen LogP contribution in [0, 0.1) is 11.8 Å². The van der Waals surface area contributed by atoms with E-state index in [9.17, 15) is 9.59 Å². The average molecular weight is 565 g/mol. The summed E-state index contributed by atoms with van der Waals surface area (Å²) in [6.07, 6.45) is 6.99. The first-order valence-corrected chi connectivity index (χ1v) is 14.2. The SMILES string of the molecule is CC(C)CC(=O)c1ccc2c(c1)nc(-c1ccccn1)n2C1CCCC(CC(=O)c2ccc(Br)s2)C1. The lowest BCUT2D eigenvalue weighted by Crippen LogP contribution is -2.22. The average Bonchev–Trinajstić information content (AvgIpc) is 3.47. The van der Waals surface area contributed by atoms with Crippen molar-refractivity contribution in [3.63, 3.8) is 0 Å². The van der Waals surface area contributed by atoms with Crippen molar-refractivity contribution in [2.75, 3.05) is 0 Å². The molecular weight excluding hydrogens is 534 g/mol. The van der Waals surface area contributed by atoms with Crippen LogP contribution in [0.3, 0.4) is 0 Å². The molecule has 0 N–H and O–H groups in total. The van der Waals surface area contributed by atoms with E-state index in [-0.39, 0.29) is 17.6 Å². The summed E-state index contributed by atoms with van der Waals surface area (Å²) in [6.45, 7) is 4.12. The third-order valence-corrected chi connectivity index (χ3v) is 8.61. The molecule has 4 aromatic rings. The summed E-state index contributed by atoms with van der Waals surface area (Å²) in [5.41, 5.74) is 3.39. The predicted molar refractivity (Wildman–Crippen MR) is 149 cm³/mol. The molecule has 36 heavy (non-hydrogen) atoms. The van der Waals surface area contributed by atoms with Crippen molar-refractivity contribution >= 4 is 49.9 Å². The van der Waals surface area contributed by atoms with Crippen LogP contribution >= 0.6 is 27.3 Å². The van der Waals surface area contributed by atoms with E-state index in [4.69, 9.17) is 4.98 Å². The van der Waals surface area contributed by atoms with Gasteiger partial charge in [0.1, 0.15) is 5.69 Å². The maximum absolute atomic E-state index is 12.9. The Kier molecular flexibility index (Phi) is 7.49. The van der Waals surface area contributed by atoms with Crippen molar-refractivity contribution in [3.05, 3.63) is 69.0 Å². The number of Topliss-reactive ketones (excluding diaryl/α,β-unsaturated/α-hetero) is 2. The molecule has 0 spiro atoms. The molecule has 1 aliphatic rings. The van der Waals surface area contributed by atoms with Crippen LogP contribution in [0.25, 0.3) is 22.6 Å². The highest BCUT2D eigenvalue weighted by Crippen LogP contribution is 2.40. The maximum atomic E-state index is 12.9. The van der Waals surface area contributed by atoms with Crippen LogP contribution in [0.4, 0.5) is 0 Å². The van der Waals surface area contributed by atoms with Gasteiger partial charge in [0.25, 0.3) is 0 Å². The molecular formula is C29H30BrN3O2S. The fourth-order valence-electron chi connectivity index (χ4n) is 5.32. The molecule has 2 unspecified atom stereocenters. The number of carbonyl (C=O) groups excluding carboxylic acids is 2. The van der Waals surface area contributed by atoms with Crippen LogP contribution in [-0.2, 0) is 0 Å². The Morgan fingerprint density at radius 3 is 2.69 bits per heavy atom. The van der Waals surface area contributed by atoms with Gasteiger partial charge in [0, 0.05) is 30.6 Å². The van der Waals surface area contributed by atoms with Gasteiger partial charge in [0.15, 0.2) is 17.4 Å². The van der Waals surface area contributed by atoms with Crippen LogP contribution in [0.5, 0.6) is 0 Å². The van der Waals surface area contributed by atoms with E-state index >= 15 is 0 Å². The second-order valence-corrected chi connectivity index (χ2v) is 12.6. The summed E-state index contributed by atoms with van der Waals surface area (Å²) in [5.74, 6) is 1.85. The molecule has 0 aliphatic heterocycles. The van der Waals surface area contributed by atoms with Crippen molar-refractivity contribution in [1.29, 1.82) is 0 Å². The second-order valence-electron chi connectivity index (χ2n) is 10.2. The monoisotopic (exact) mass is 563 g/mol. The number of hydrogen-bond acceptors (Lipinski definition) is 5. The Labute approximate surface area is 224 Å². The van der Waals surface area contributed by atoms with E-state index in [1.54, 1.807) is 6.20 Å². The fourth-order valence-corrected chi connectivity index (χ4v) is 6.65. The lowest BCUT2D eigenvalue weighted by atomic mass is 9.82. The van der Waals surface area contributed by atoms with Gasteiger partial charge in [-0.25, -0.2) is 4.98 Å². The quantitative estimate of drug-likeness (QED) is 0.203. The van der Waals surface area contributed by atoms with Crippen molar-refractivity contribution in [3.8, 4) is 11.5 Å². The number of nitrogens with zero attached hydrogens (tertiary/aromatic N) is 3. The van der Waals surface area contributed by atoms with Crippen molar-refractivity contribution in [2.24, 2.45) is 11.8 Å². The van der Waals surface area contributed by atoms with Gasteiger partial charge in [-0.2, -0.15) is 0 Å². The van der Waals surface area contributed by atoms with Gasteiger partial charge in [-0.3, -0.25) is 14.6 Å². The summed E-state index contributed by atoms with van der Waals surface area (Å²) in [6, 6.07) is 15.9. The highest BCUT2D eigenvalue weighted by molar-refractivity contribution is 9.11. The summed E-state index contributed by atoms with van der Waals surface area (Å²) < 4.78 is 3.30. The molecule has 3 heterocycles. The summed E-state index contributed by atoms with van der Waals surface area (Å²) in [5, 5.41) is 0. The van der Waals surface area contributed by atoms with Crippen molar-refractivity contribution < 1.29 is 9.59 Å². The Bertz CT molecular complexity index is 1390. The number of imidazole rings is 1. The zero-order valence-electron chi connectivity index (χ0n) is 20.6. The molecule has 0 amide bonds. The van der Waals surface area contributed by atoms with Crippen LogP contribution in [-0.4, -0.2) is 26.1 Å². The number of thiophene rings is 1. The van der Waals surface area contributed by atoms with Gasteiger partial charge in [-0.15, -0.1) is 11.3 Å². The Hall–Kier alpha value is -2.64. The third-order valence-electron chi connectivity index (χ3n) is 6.94. The molecule has 1 aromatic carbocycles. The number of rotatable bonds is 8. The standard InChI is InChI=1S/C29H30BrN3O2S/c1-18(2)14-25(34)20-9-10-24-23(17-20)32-29(22-8-3-4-13-31-22)33(24)21-7-5-6-19(15-21)16-26(35)27-11-12-28(30)36-27/h3-4,8-13,17-19,21H,5-7,14-16H2,1-2H3. The zero-order chi connectivity index (χ0) is 25.2. The first kappa shape index (κ1) is 25.0. The van der Waals surface area contributed by atoms with E-state index in [1.165, 1.54) is 11.3 Å². The van der Waals surface area contributed by atoms with Gasteiger partial charge in [0.2, 0.25) is 0 Å². The molecule has 0 radical (unpaired) electrons. The molecule has 186 valence electrons.